The molecule has 0 bridgehead atoms. The van der Waals surface area contributed by atoms with Crippen LogP contribution in [0.1, 0.15) is 12.2 Å². The minimum atomic E-state index is -0.212. The van der Waals surface area contributed by atoms with Crippen LogP contribution in [0.5, 0.6) is 0 Å². The quantitative estimate of drug-likeness (QED) is 0.797. The molecular formula is C11H12N2OS. The van der Waals surface area contributed by atoms with Gasteiger partial charge in [-0.15, -0.1) is 11.3 Å². The molecular weight excluding hydrogens is 208 g/mol. The van der Waals surface area contributed by atoms with Crippen molar-refractivity contribution in [2.75, 3.05) is 0 Å². The molecule has 1 aliphatic heterocycles. The smallest absolute Gasteiger partial charge is 0.112 e. The van der Waals surface area contributed by atoms with Crippen molar-refractivity contribution in [3.8, 4) is 10.6 Å². The molecule has 2 aromatic rings. The number of imidazole rings is 1. The van der Waals surface area contributed by atoms with Crippen molar-refractivity contribution in [1.29, 1.82) is 0 Å². The number of aryl methyl sites for hydroxylation is 1. The highest BCUT2D eigenvalue weighted by Crippen LogP contribution is 2.26. The fraction of sp³-hybridized carbons (Fsp3) is 0.364. The van der Waals surface area contributed by atoms with E-state index in [1.54, 1.807) is 11.3 Å². The summed E-state index contributed by atoms with van der Waals surface area (Å²) < 4.78 is 2.15. The molecule has 78 valence electrons. The number of rotatable bonds is 1. The van der Waals surface area contributed by atoms with Crippen molar-refractivity contribution in [2.24, 2.45) is 0 Å². The Morgan fingerprint density at radius 3 is 3.27 bits per heavy atom. The van der Waals surface area contributed by atoms with Crippen molar-refractivity contribution in [1.82, 2.24) is 9.55 Å². The molecule has 1 unspecified atom stereocenters. The zero-order valence-corrected chi connectivity index (χ0v) is 9.07. The first-order chi connectivity index (χ1) is 7.33. The maximum absolute atomic E-state index is 9.55. The minimum absolute atomic E-state index is 0.212. The summed E-state index contributed by atoms with van der Waals surface area (Å²) in [5.74, 6) is 1.01. The van der Waals surface area contributed by atoms with E-state index < -0.39 is 0 Å². The molecule has 3 rings (SSSR count). The third-order valence-electron chi connectivity index (χ3n) is 2.75. The molecule has 0 saturated carbocycles. The van der Waals surface area contributed by atoms with Crippen molar-refractivity contribution in [3.05, 3.63) is 29.5 Å². The van der Waals surface area contributed by atoms with Crippen LogP contribution in [0.3, 0.4) is 0 Å². The molecule has 3 heterocycles. The van der Waals surface area contributed by atoms with E-state index in [9.17, 15) is 5.11 Å². The number of hydrogen-bond donors (Lipinski definition) is 1. The lowest BCUT2D eigenvalue weighted by molar-refractivity contribution is 0.141. The summed E-state index contributed by atoms with van der Waals surface area (Å²) in [6.45, 7) is 0.884. The molecule has 2 aromatic heterocycles. The van der Waals surface area contributed by atoms with Gasteiger partial charge >= 0.3 is 0 Å². The van der Waals surface area contributed by atoms with E-state index in [1.165, 1.54) is 4.88 Å². The van der Waals surface area contributed by atoms with Crippen LogP contribution >= 0.6 is 11.3 Å². The molecule has 0 aromatic carbocycles. The standard InChI is InChI=1S/C11H12N2OS/c14-8-3-4-13-7-9(12-11(13)6-8)10-2-1-5-15-10/h1-2,5,7-8,14H,3-4,6H2. The molecule has 1 aliphatic rings. The molecule has 0 saturated heterocycles. The van der Waals surface area contributed by atoms with Gasteiger partial charge in [0.15, 0.2) is 0 Å². The van der Waals surface area contributed by atoms with Crippen LogP contribution in [0.25, 0.3) is 10.6 Å². The molecule has 0 fully saturated rings. The Hall–Kier alpha value is -1.13. The Kier molecular flexibility index (Phi) is 2.11. The highest BCUT2D eigenvalue weighted by Gasteiger charge is 2.19. The number of nitrogens with zero attached hydrogens (tertiary/aromatic N) is 2. The second-order valence-corrected chi connectivity index (χ2v) is 4.81. The van der Waals surface area contributed by atoms with Crippen LogP contribution in [-0.2, 0) is 13.0 Å². The Morgan fingerprint density at radius 1 is 1.53 bits per heavy atom. The maximum atomic E-state index is 9.55. The maximum Gasteiger partial charge on any atom is 0.112 e. The predicted molar refractivity (Wildman–Crippen MR) is 59.9 cm³/mol. The van der Waals surface area contributed by atoms with Gasteiger partial charge in [-0.1, -0.05) is 6.07 Å². The van der Waals surface area contributed by atoms with E-state index in [0.717, 1.165) is 24.5 Å². The zero-order chi connectivity index (χ0) is 10.3. The van der Waals surface area contributed by atoms with Gasteiger partial charge in [0.2, 0.25) is 0 Å². The number of aliphatic hydroxyl groups excluding tert-OH is 1. The van der Waals surface area contributed by atoms with Gasteiger partial charge in [0.05, 0.1) is 16.7 Å². The number of aliphatic hydroxyl groups is 1. The summed E-state index contributed by atoms with van der Waals surface area (Å²) in [7, 11) is 0. The molecule has 0 radical (unpaired) electrons. The topological polar surface area (TPSA) is 38.0 Å². The molecule has 1 N–H and O–H groups in total. The van der Waals surface area contributed by atoms with E-state index >= 15 is 0 Å². The van der Waals surface area contributed by atoms with E-state index in [0.29, 0.717) is 6.42 Å². The molecule has 0 amide bonds. The van der Waals surface area contributed by atoms with Crippen LogP contribution in [0.2, 0.25) is 0 Å². The van der Waals surface area contributed by atoms with Crippen LogP contribution in [0.15, 0.2) is 23.7 Å². The van der Waals surface area contributed by atoms with Crippen LogP contribution < -0.4 is 0 Å². The molecule has 1 atom stereocenters. The Balaban J connectivity index is 2.00. The van der Waals surface area contributed by atoms with E-state index in [2.05, 4.69) is 27.2 Å². The fourth-order valence-corrected chi connectivity index (χ4v) is 2.63. The van der Waals surface area contributed by atoms with Gasteiger partial charge in [-0.3, -0.25) is 0 Å². The Bertz CT molecular complexity index is 461. The Morgan fingerprint density at radius 2 is 2.47 bits per heavy atom. The molecule has 0 aliphatic carbocycles. The van der Waals surface area contributed by atoms with Crippen molar-refractivity contribution >= 4 is 11.3 Å². The molecule has 0 spiro atoms. The lowest BCUT2D eigenvalue weighted by atomic mass is 10.1. The number of aromatic nitrogens is 2. The largest absolute Gasteiger partial charge is 0.393 e. The lowest BCUT2D eigenvalue weighted by Gasteiger charge is -2.18. The summed E-state index contributed by atoms with van der Waals surface area (Å²) in [5.41, 5.74) is 1.04. The summed E-state index contributed by atoms with van der Waals surface area (Å²) >= 11 is 1.70. The van der Waals surface area contributed by atoms with Crippen LogP contribution in [-0.4, -0.2) is 20.8 Å². The average molecular weight is 220 g/mol. The first-order valence-corrected chi connectivity index (χ1v) is 5.99. The summed E-state index contributed by atoms with van der Waals surface area (Å²) in [4.78, 5) is 5.76. The SMILES string of the molecule is OC1CCn2cc(-c3cccs3)nc2C1. The molecule has 4 heteroatoms. The van der Waals surface area contributed by atoms with Crippen LogP contribution in [0.4, 0.5) is 0 Å². The summed E-state index contributed by atoms with van der Waals surface area (Å²) in [5, 5.41) is 11.6. The third-order valence-corrected chi connectivity index (χ3v) is 3.65. The van der Waals surface area contributed by atoms with E-state index in [1.807, 2.05) is 6.07 Å². The van der Waals surface area contributed by atoms with Crippen LogP contribution in [0, 0.1) is 0 Å². The second kappa shape index (κ2) is 3.47. The first kappa shape index (κ1) is 9.12. The van der Waals surface area contributed by atoms with Gasteiger partial charge in [0.1, 0.15) is 5.82 Å². The third kappa shape index (κ3) is 1.60. The number of fused-ring (bicyclic) bond motifs is 1. The monoisotopic (exact) mass is 220 g/mol. The van der Waals surface area contributed by atoms with Crippen molar-refractivity contribution < 1.29 is 5.11 Å². The van der Waals surface area contributed by atoms with E-state index in [4.69, 9.17) is 0 Å². The highest BCUT2D eigenvalue weighted by molar-refractivity contribution is 7.13. The minimum Gasteiger partial charge on any atom is -0.393 e. The lowest BCUT2D eigenvalue weighted by Crippen LogP contribution is -2.22. The summed E-state index contributed by atoms with van der Waals surface area (Å²) in [6, 6.07) is 4.11. The van der Waals surface area contributed by atoms with Gasteiger partial charge in [-0.05, 0) is 17.9 Å². The van der Waals surface area contributed by atoms with Crippen molar-refractivity contribution in [2.45, 2.75) is 25.5 Å². The van der Waals surface area contributed by atoms with Gasteiger partial charge in [0.25, 0.3) is 0 Å². The number of thiophene rings is 1. The van der Waals surface area contributed by atoms with E-state index in [-0.39, 0.29) is 6.10 Å². The zero-order valence-electron chi connectivity index (χ0n) is 8.26. The number of hydrogen-bond acceptors (Lipinski definition) is 3. The summed E-state index contributed by atoms with van der Waals surface area (Å²) in [6.07, 6.45) is 3.40. The highest BCUT2D eigenvalue weighted by atomic mass is 32.1. The van der Waals surface area contributed by atoms with Gasteiger partial charge in [0, 0.05) is 19.2 Å². The van der Waals surface area contributed by atoms with Gasteiger partial charge in [-0.25, -0.2) is 4.98 Å². The second-order valence-electron chi connectivity index (χ2n) is 3.86. The van der Waals surface area contributed by atoms with Gasteiger partial charge < -0.3 is 9.67 Å². The first-order valence-electron chi connectivity index (χ1n) is 5.11. The average Bonchev–Trinajstić information content (AvgIpc) is 2.84. The fourth-order valence-electron chi connectivity index (χ4n) is 1.95. The molecule has 3 nitrogen and oxygen atoms in total. The predicted octanol–water partition coefficient (Wildman–Crippen LogP) is 1.92. The van der Waals surface area contributed by atoms with Crippen molar-refractivity contribution in [3.63, 3.8) is 0 Å². The van der Waals surface area contributed by atoms with Gasteiger partial charge in [-0.2, -0.15) is 0 Å². The Labute approximate surface area is 92.0 Å². The molecule has 15 heavy (non-hydrogen) atoms. The normalized spacial score (nSPS) is 20.2.